The van der Waals surface area contributed by atoms with Crippen molar-refractivity contribution >= 4 is 21.4 Å². The van der Waals surface area contributed by atoms with E-state index < -0.39 is 10.0 Å². The number of hydrogen-bond acceptors (Lipinski definition) is 5. The molecule has 0 unspecified atom stereocenters. The fourth-order valence-corrected chi connectivity index (χ4v) is 4.18. The van der Waals surface area contributed by atoms with Crippen LogP contribution in [0.1, 0.15) is 25.1 Å². The van der Waals surface area contributed by atoms with Crippen LogP contribution < -0.4 is 4.72 Å². The number of sulfonamides is 1. The normalized spacial score (nSPS) is 12.2. The van der Waals surface area contributed by atoms with Crippen molar-refractivity contribution in [3.05, 3.63) is 16.3 Å². The summed E-state index contributed by atoms with van der Waals surface area (Å²) in [5.74, 6) is 0. The second-order valence-corrected chi connectivity index (χ2v) is 6.88. The molecule has 1 rings (SSSR count). The summed E-state index contributed by atoms with van der Waals surface area (Å²) < 4.78 is 26.6. The summed E-state index contributed by atoms with van der Waals surface area (Å²) in [5.41, 5.74) is 0. The zero-order chi connectivity index (χ0) is 14.3. The molecule has 0 aliphatic rings. The summed E-state index contributed by atoms with van der Waals surface area (Å²) in [4.78, 5) is 2.93. The first kappa shape index (κ1) is 16.6. The molecule has 1 heterocycles. The highest BCUT2D eigenvalue weighted by atomic mass is 32.2. The number of rotatable bonds is 9. The quantitative estimate of drug-likeness (QED) is 0.674. The molecule has 5 nitrogen and oxygen atoms in total. The van der Waals surface area contributed by atoms with Crippen molar-refractivity contribution in [1.82, 2.24) is 9.62 Å². The first-order valence-electron chi connectivity index (χ1n) is 6.44. The van der Waals surface area contributed by atoms with Crippen LogP contribution in [0.25, 0.3) is 0 Å². The molecule has 7 heteroatoms. The summed E-state index contributed by atoms with van der Waals surface area (Å²) in [5, 5.41) is 10.8. The summed E-state index contributed by atoms with van der Waals surface area (Å²) in [6.45, 7) is 7.18. The predicted octanol–water partition coefficient (Wildman–Crippen LogP) is 1.25. The summed E-state index contributed by atoms with van der Waals surface area (Å²) in [6, 6.07) is 1.53. The topological polar surface area (TPSA) is 69.6 Å². The van der Waals surface area contributed by atoms with E-state index in [0.717, 1.165) is 26.1 Å². The van der Waals surface area contributed by atoms with Gasteiger partial charge in [0.1, 0.15) is 0 Å². The van der Waals surface area contributed by atoms with E-state index in [1.807, 2.05) is 0 Å². The number of nitrogens with zero attached hydrogens (tertiary/aromatic N) is 1. The Morgan fingerprint density at radius 3 is 2.63 bits per heavy atom. The molecule has 0 aliphatic carbocycles. The van der Waals surface area contributed by atoms with Gasteiger partial charge in [-0.2, -0.15) is 0 Å². The van der Waals surface area contributed by atoms with E-state index >= 15 is 0 Å². The van der Waals surface area contributed by atoms with Gasteiger partial charge in [0.25, 0.3) is 0 Å². The Bertz CT molecular complexity index is 467. The van der Waals surface area contributed by atoms with Gasteiger partial charge >= 0.3 is 0 Å². The Labute approximate surface area is 119 Å². The fraction of sp³-hybridized carbons (Fsp3) is 0.667. The van der Waals surface area contributed by atoms with E-state index in [0.29, 0.717) is 11.4 Å². The van der Waals surface area contributed by atoms with E-state index in [4.69, 9.17) is 5.11 Å². The van der Waals surface area contributed by atoms with Gasteiger partial charge in [-0.3, -0.25) is 0 Å². The second-order valence-electron chi connectivity index (χ2n) is 4.14. The van der Waals surface area contributed by atoms with Crippen molar-refractivity contribution in [3.8, 4) is 0 Å². The van der Waals surface area contributed by atoms with Gasteiger partial charge in [0.05, 0.1) is 11.5 Å². The largest absolute Gasteiger partial charge is 0.391 e. The van der Waals surface area contributed by atoms with Gasteiger partial charge < -0.3 is 10.0 Å². The van der Waals surface area contributed by atoms with Crippen LogP contribution in [0.5, 0.6) is 0 Å². The van der Waals surface area contributed by atoms with Crippen LogP contribution in [0.3, 0.4) is 0 Å². The minimum Gasteiger partial charge on any atom is -0.391 e. The molecule has 2 N–H and O–H groups in total. The molecule has 0 saturated carbocycles. The van der Waals surface area contributed by atoms with Crippen molar-refractivity contribution < 1.29 is 13.5 Å². The average molecular weight is 306 g/mol. The standard InChI is InChI=1S/C12H22N2O3S2/c1-3-14(4-2)8-5-7-13-19(16,17)12-6-9-18-11(12)10-15/h6,9,13,15H,3-5,7-8,10H2,1-2H3. The van der Waals surface area contributed by atoms with E-state index in [1.165, 1.54) is 17.4 Å². The minimum atomic E-state index is -3.49. The summed E-state index contributed by atoms with van der Waals surface area (Å²) >= 11 is 1.25. The average Bonchev–Trinajstić information content (AvgIpc) is 2.88. The van der Waals surface area contributed by atoms with Crippen LogP contribution in [0.4, 0.5) is 0 Å². The molecular weight excluding hydrogens is 284 g/mol. The van der Waals surface area contributed by atoms with Crippen molar-refractivity contribution in [2.75, 3.05) is 26.2 Å². The van der Waals surface area contributed by atoms with Crippen molar-refractivity contribution in [2.24, 2.45) is 0 Å². The number of aliphatic hydroxyl groups excluding tert-OH is 1. The third-order valence-corrected chi connectivity index (χ3v) is 5.56. The second kappa shape index (κ2) is 7.96. The fourth-order valence-electron chi connectivity index (χ4n) is 1.81. The highest BCUT2D eigenvalue weighted by Crippen LogP contribution is 2.21. The predicted molar refractivity (Wildman–Crippen MR) is 77.8 cm³/mol. The first-order chi connectivity index (χ1) is 9.05. The van der Waals surface area contributed by atoms with E-state index in [-0.39, 0.29) is 11.5 Å². The molecular formula is C12H22N2O3S2. The molecule has 0 amide bonds. The molecule has 110 valence electrons. The lowest BCUT2D eigenvalue weighted by Gasteiger charge is -2.17. The molecule has 0 spiro atoms. The van der Waals surface area contributed by atoms with Crippen LogP contribution >= 0.6 is 11.3 Å². The van der Waals surface area contributed by atoms with Gasteiger partial charge in [-0.15, -0.1) is 11.3 Å². The van der Waals surface area contributed by atoms with Gasteiger partial charge in [0.2, 0.25) is 10.0 Å². The Hall–Kier alpha value is -0.470. The highest BCUT2D eigenvalue weighted by Gasteiger charge is 2.18. The van der Waals surface area contributed by atoms with Gasteiger partial charge in [-0.05, 0) is 37.5 Å². The molecule has 0 aromatic carbocycles. The van der Waals surface area contributed by atoms with E-state index in [1.54, 1.807) is 5.38 Å². The Morgan fingerprint density at radius 2 is 2.05 bits per heavy atom. The first-order valence-corrected chi connectivity index (χ1v) is 8.80. The maximum Gasteiger partial charge on any atom is 0.241 e. The van der Waals surface area contributed by atoms with Crippen LogP contribution in [0.15, 0.2) is 16.3 Å². The summed E-state index contributed by atoms with van der Waals surface area (Å²) in [6.07, 6.45) is 0.777. The highest BCUT2D eigenvalue weighted by molar-refractivity contribution is 7.89. The monoisotopic (exact) mass is 306 g/mol. The molecule has 1 aromatic heterocycles. The smallest absolute Gasteiger partial charge is 0.241 e. The molecule has 19 heavy (non-hydrogen) atoms. The van der Waals surface area contributed by atoms with Crippen molar-refractivity contribution in [1.29, 1.82) is 0 Å². The van der Waals surface area contributed by atoms with Gasteiger partial charge in [0.15, 0.2) is 0 Å². The van der Waals surface area contributed by atoms with E-state index in [9.17, 15) is 8.42 Å². The summed E-state index contributed by atoms with van der Waals surface area (Å²) in [7, 11) is -3.49. The van der Waals surface area contributed by atoms with Crippen LogP contribution in [-0.4, -0.2) is 44.6 Å². The zero-order valence-electron chi connectivity index (χ0n) is 11.4. The van der Waals surface area contributed by atoms with Crippen molar-refractivity contribution in [2.45, 2.75) is 31.8 Å². The van der Waals surface area contributed by atoms with Crippen LogP contribution in [0.2, 0.25) is 0 Å². The number of hydrogen-bond donors (Lipinski definition) is 2. The number of aliphatic hydroxyl groups is 1. The minimum absolute atomic E-state index is 0.197. The lowest BCUT2D eigenvalue weighted by atomic mass is 10.4. The molecule has 0 aliphatic heterocycles. The lowest BCUT2D eigenvalue weighted by molar-refractivity contribution is 0.282. The molecule has 1 aromatic rings. The lowest BCUT2D eigenvalue weighted by Crippen LogP contribution is -2.30. The Balaban J connectivity index is 2.48. The Kier molecular flexibility index (Phi) is 6.95. The SMILES string of the molecule is CCN(CC)CCCNS(=O)(=O)c1ccsc1CO. The number of thiophene rings is 1. The maximum absolute atomic E-state index is 12.0. The molecule has 0 saturated heterocycles. The van der Waals surface area contributed by atoms with Crippen LogP contribution in [0, 0.1) is 0 Å². The van der Waals surface area contributed by atoms with Gasteiger partial charge in [0, 0.05) is 11.4 Å². The van der Waals surface area contributed by atoms with Crippen molar-refractivity contribution in [3.63, 3.8) is 0 Å². The Morgan fingerprint density at radius 1 is 1.37 bits per heavy atom. The number of nitrogens with one attached hydrogen (secondary N) is 1. The zero-order valence-corrected chi connectivity index (χ0v) is 13.1. The molecule has 0 radical (unpaired) electrons. The maximum atomic E-state index is 12.0. The molecule has 0 atom stereocenters. The van der Waals surface area contributed by atoms with E-state index in [2.05, 4.69) is 23.5 Å². The molecule has 0 bridgehead atoms. The molecule has 0 fully saturated rings. The van der Waals surface area contributed by atoms with Gasteiger partial charge in [-0.1, -0.05) is 13.8 Å². The van der Waals surface area contributed by atoms with Crippen LogP contribution in [-0.2, 0) is 16.6 Å². The third-order valence-electron chi connectivity index (χ3n) is 2.98. The third kappa shape index (κ3) is 4.85. The van der Waals surface area contributed by atoms with Gasteiger partial charge in [-0.25, -0.2) is 13.1 Å².